The van der Waals surface area contributed by atoms with Crippen LogP contribution in [0.4, 0.5) is 0 Å². The standard InChI is InChI=1S/C34H27N6O4.C5H5.Fe/c1-23-21-35-30(41)38(27-19-9-4-10-20-27)33(44)40(35)34(25-15-5-2-6-16-25)22-36-31(42)37(26-17-7-3-8-18-26)32(43)39(36)29(28(23)34)24-13-11-12-14-24;1-2-4-5-3-1;/h2-20,29H,21-22H2,1H3;1-5H;/q;;+2. The van der Waals surface area contributed by atoms with Gasteiger partial charge in [-0.1, -0.05) is 66.7 Å². The van der Waals surface area contributed by atoms with E-state index in [2.05, 4.69) is 0 Å². The number of para-hydroxylation sites is 2. The van der Waals surface area contributed by atoms with Crippen molar-refractivity contribution in [3.63, 3.8) is 0 Å². The van der Waals surface area contributed by atoms with E-state index in [-0.39, 0.29) is 30.2 Å². The van der Waals surface area contributed by atoms with Crippen LogP contribution >= 0.6 is 0 Å². The van der Waals surface area contributed by atoms with Crippen LogP contribution < -0.4 is 22.8 Å². The van der Waals surface area contributed by atoms with Crippen LogP contribution in [-0.2, 0) is 35.7 Å². The Hall–Kier alpha value is -4.60. The first kappa shape index (κ1) is 33.9. The Morgan fingerprint density at radius 3 is 1.60 bits per heavy atom. The van der Waals surface area contributed by atoms with Gasteiger partial charge >= 0.3 is 39.8 Å². The molecule has 50 heavy (non-hydrogen) atoms. The van der Waals surface area contributed by atoms with Crippen LogP contribution in [0.5, 0.6) is 0 Å². The maximum Gasteiger partial charge on any atom is 2.00 e. The van der Waals surface area contributed by atoms with Crippen LogP contribution in [0.1, 0.15) is 18.5 Å². The van der Waals surface area contributed by atoms with Crippen molar-refractivity contribution in [1.29, 1.82) is 0 Å². The number of nitrogens with zero attached hydrogens (tertiary/aromatic N) is 6. The fourth-order valence-corrected chi connectivity index (χ4v) is 7.48. The second-order valence-corrected chi connectivity index (χ2v) is 12.2. The Kier molecular flexibility index (Phi) is 9.22. The van der Waals surface area contributed by atoms with E-state index < -0.39 is 34.3 Å². The van der Waals surface area contributed by atoms with Gasteiger partial charge in [0.25, 0.3) is 0 Å². The van der Waals surface area contributed by atoms with E-state index >= 15 is 0 Å². The normalized spacial score (nSPS) is 21.1. The molecule has 10 nitrogen and oxygen atoms in total. The smallest absolute Gasteiger partial charge is 0.246 e. The Bertz CT molecular complexity index is 2260. The minimum atomic E-state index is -1.30. The molecule has 0 amide bonds. The molecule has 9 rings (SSSR count). The molecule has 0 bridgehead atoms. The summed E-state index contributed by atoms with van der Waals surface area (Å²) in [6.45, 7) is 2.01. The van der Waals surface area contributed by atoms with Gasteiger partial charge in [0.1, 0.15) is 5.54 Å². The average molecular weight is 705 g/mol. The summed E-state index contributed by atoms with van der Waals surface area (Å²) in [5, 5.41) is 0. The van der Waals surface area contributed by atoms with Crippen molar-refractivity contribution in [2.24, 2.45) is 0 Å². The van der Waals surface area contributed by atoms with Gasteiger partial charge in [0.2, 0.25) is 0 Å². The van der Waals surface area contributed by atoms with Crippen molar-refractivity contribution in [2.75, 3.05) is 0 Å². The molecule has 2 aromatic heterocycles. The Balaban J connectivity index is 0.000000603. The van der Waals surface area contributed by atoms with E-state index in [1.54, 1.807) is 48.5 Å². The largest absolute Gasteiger partial charge is 2.00 e. The third kappa shape index (κ3) is 5.21. The molecule has 2 atom stereocenters. The summed E-state index contributed by atoms with van der Waals surface area (Å²) < 4.78 is 8.28. The first-order valence-electron chi connectivity index (χ1n) is 16.1. The van der Waals surface area contributed by atoms with Gasteiger partial charge in [-0.2, -0.15) is 0 Å². The molecular formula is C39H32FeN6O4+2. The topological polar surface area (TPSA) is 97.9 Å². The first-order valence-corrected chi connectivity index (χ1v) is 16.1. The van der Waals surface area contributed by atoms with E-state index in [0.29, 0.717) is 11.4 Å². The number of hydrogen-bond donors (Lipinski definition) is 0. The molecular weight excluding hydrogens is 672 g/mol. The zero-order valence-corrected chi connectivity index (χ0v) is 28.1. The maximum absolute atomic E-state index is 14.6. The van der Waals surface area contributed by atoms with E-state index in [4.69, 9.17) is 0 Å². The molecule has 2 aliphatic heterocycles. The van der Waals surface area contributed by atoms with Crippen LogP contribution in [0.3, 0.4) is 0 Å². The minimum absolute atomic E-state index is 0. The summed E-state index contributed by atoms with van der Waals surface area (Å²) >= 11 is 0. The van der Waals surface area contributed by atoms with Gasteiger partial charge in [-0.05, 0) is 106 Å². The quantitative estimate of drug-likeness (QED) is 0.211. The SMILES string of the molecule is CC1=C2C([C]3[CH][CH][CH][CH]3)n3c(=O)n(-c4ccccc4)c(=O)n3CC2(c2ccccc2)n2c(=O)n(-c3ccccc3)c(=O)n2C1.[CH]1[CH][CH][CH][CH]1.[Fe+2]. The summed E-state index contributed by atoms with van der Waals surface area (Å²) in [7, 11) is 0. The molecule has 2 aliphatic carbocycles. The van der Waals surface area contributed by atoms with Crippen molar-refractivity contribution in [2.45, 2.75) is 31.6 Å². The van der Waals surface area contributed by atoms with Crippen molar-refractivity contribution in [3.05, 3.63) is 213 Å². The van der Waals surface area contributed by atoms with E-state index in [9.17, 15) is 19.2 Å². The number of allylic oxidation sites excluding steroid dienone is 2. The van der Waals surface area contributed by atoms with Crippen molar-refractivity contribution in [3.8, 4) is 11.4 Å². The van der Waals surface area contributed by atoms with Crippen molar-refractivity contribution >= 4 is 0 Å². The van der Waals surface area contributed by atoms with Gasteiger partial charge in [0.05, 0.1) is 30.5 Å². The zero-order chi connectivity index (χ0) is 33.7. The maximum atomic E-state index is 14.6. The summed E-state index contributed by atoms with van der Waals surface area (Å²) in [5.74, 6) is 0.798. The molecule has 10 radical (unpaired) electrons. The molecule has 248 valence electrons. The fraction of sp³-hybridized carbons (Fsp3) is 0.128. The number of benzene rings is 3. The predicted molar refractivity (Wildman–Crippen MR) is 186 cm³/mol. The third-order valence-corrected chi connectivity index (χ3v) is 9.48. The van der Waals surface area contributed by atoms with Crippen LogP contribution in [0.2, 0.25) is 0 Å². The molecule has 0 spiro atoms. The second kappa shape index (κ2) is 13.6. The summed E-state index contributed by atoms with van der Waals surface area (Å²) in [5.41, 5.74) is -0.0616. The van der Waals surface area contributed by atoms with Crippen molar-refractivity contribution in [1.82, 2.24) is 27.9 Å². The summed E-state index contributed by atoms with van der Waals surface area (Å²) in [4.78, 5) is 57.2. The monoisotopic (exact) mass is 704 g/mol. The van der Waals surface area contributed by atoms with E-state index in [0.717, 1.165) is 22.6 Å². The average Bonchev–Trinajstić information content (AvgIpc) is 3.96. The molecule has 2 unspecified atom stereocenters. The van der Waals surface area contributed by atoms with Gasteiger partial charge in [-0.3, -0.25) is 0 Å². The number of fused-ring (bicyclic) bond motifs is 4. The molecule has 0 saturated heterocycles. The van der Waals surface area contributed by atoms with Gasteiger partial charge in [-0.15, -0.1) is 0 Å². The summed E-state index contributed by atoms with van der Waals surface area (Å²) in [6, 6.07) is 26.4. The Morgan fingerprint density at radius 1 is 0.580 bits per heavy atom. The number of aromatic nitrogens is 6. The molecule has 2 saturated carbocycles. The fourth-order valence-electron chi connectivity index (χ4n) is 7.48. The van der Waals surface area contributed by atoms with Gasteiger partial charge < -0.3 is 0 Å². The molecule has 0 N–H and O–H groups in total. The molecule has 5 aromatic rings. The van der Waals surface area contributed by atoms with Gasteiger partial charge in [0, 0.05) is 5.92 Å². The van der Waals surface area contributed by atoms with E-state index in [1.807, 2.05) is 107 Å². The minimum Gasteiger partial charge on any atom is -0.246 e. The first-order chi connectivity index (χ1) is 23.9. The summed E-state index contributed by atoms with van der Waals surface area (Å²) in [6.07, 6.45) is 17.6. The Labute approximate surface area is 300 Å². The van der Waals surface area contributed by atoms with Crippen molar-refractivity contribution < 1.29 is 17.1 Å². The third-order valence-electron chi connectivity index (χ3n) is 9.48. The number of rotatable bonds is 4. The second-order valence-electron chi connectivity index (χ2n) is 12.2. The predicted octanol–water partition coefficient (Wildman–Crippen LogP) is 3.67. The molecule has 4 aliphatic rings. The zero-order valence-electron chi connectivity index (χ0n) is 27.0. The van der Waals surface area contributed by atoms with Crippen LogP contribution in [0.15, 0.2) is 121 Å². The molecule has 3 aromatic carbocycles. The van der Waals surface area contributed by atoms with Crippen LogP contribution in [-0.4, -0.2) is 27.9 Å². The molecule has 4 heterocycles. The molecule has 2 fully saturated rings. The van der Waals surface area contributed by atoms with E-state index in [1.165, 1.54) is 27.9 Å². The van der Waals surface area contributed by atoms with Gasteiger partial charge in [0.15, 0.2) is 0 Å². The van der Waals surface area contributed by atoms with Crippen LogP contribution in [0.25, 0.3) is 11.4 Å². The number of hydrogen-bond acceptors (Lipinski definition) is 4. The van der Waals surface area contributed by atoms with Gasteiger partial charge in [-0.25, -0.2) is 47.0 Å². The molecule has 11 heteroatoms. The Morgan fingerprint density at radius 2 is 1.06 bits per heavy atom. The van der Waals surface area contributed by atoms with Crippen LogP contribution in [0, 0.1) is 63.7 Å².